The number of hydrogen-bond donors (Lipinski definition) is 0. The molecule has 6 heteroatoms. The number of halogens is 2. The van der Waals surface area contributed by atoms with E-state index in [1.54, 1.807) is 6.21 Å². The second kappa shape index (κ2) is 15.1. The van der Waals surface area contributed by atoms with E-state index < -0.39 is 0 Å². The molecule has 2 aromatic carbocycles. The minimum absolute atomic E-state index is 0.194. The van der Waals surface area contributed by atoms with Crippen molar-refractivity contribution in [3.8, 4) is 0 Å². The van der Waals surface area contributed by atoms with E-state index in [4.69, 9.17) is 20.2 Å². The van der Waals surface area contributed by atoms with E-state index >= 15 is 0 Å². The molecule has 0 radical (unpaired) electrons. The normalized spacial score (nSPS) is 9.74. The topological polar surface area (TPSA) is 37.6 Å². The Morgan fingerprint density at radius 3 is 1.93 bits per heavy atom. The quantitative estimate of drug-likeness (QED) is 0.324. The van der Waals surface area contributed by atoms with Crippen LogP contribution in [0.3, 0.4) is 0 Å². The molecule has 0 saturated carbocycles. The zero-order valence-electron chi connectivity index (χ0n) is 14.9. The van der Waals surface area contributed by atoms with Crippen LogP contribution in [0.4, 0.5) is 11.4 Å². The number of aromatic nitrogens is 1. The van der Waals surface area contributed by atoms with Crippen molar-refractivity contribution in [1.82, 2.24) is 4.98 Å². The Balaban J connectivity index is 0.000000277. The van der Waals surface area contributed by atoms with E-state index in [2.05, 4.69) is 28.6 Å². The number of para-hydroxylation sites is 2. The second-order valence-corrected chi connectivity index (χ2v) is 6.87. The molecule has 0 N–H and O–H groups in total. The molecule has 142 valence electrons. The molecule has 3 rings (SSSR count). The molecule has 0 fully saturated rings. The molecule has 0 spiro atoms. The van der Waals surface area contributed by atoms with Crippen LogP contribution in [0.2, 0.25) is 0 Å². The van der Waals surface area contributed by atoms with Gasteiger partial charge in [0, 0.05) is 5.69 Å². The third kappa shape index (κ3) is 10.7. The third-order valence-corrected chi connectivity index (χ3v) is 3.23. The van der Waals surface area contributed by atoms with Crippen LogP contribution in [-0.2, 0) is 19.6 Å². The molecule has 0 aliphatic heterocycles. The van der Waals surface area contributed by atoms with Gasteiger partial charge in [0.1, 0.15) is 0 Å². The van der Waals surface area contributed by atoms with Gasteiger partial charge < -0.3 is 0 Å². The Morgan fingerprint density at radius 2 is 1.44 bits per heavy atom. The molecule has 1 heterocycles. The first-order chi connectivity index (χ1) is 13.2. The van der Waals surface area contributed by atoms with E-state index in [1.165, 1.54) is 0 Å². The molecule has 1 aromatic heterocycles. The first-order valence-corrected chi connectivity index (χ1v) is 11.2. The van der Waals surface area contributed by atoms with Gasteiger partial charge in [-0.25, -0.2) is 0 Å². The first kappa shape index (κ1) is 23.1. The Kier molecular flexibility index (Phi) is 12.9. The summed E-state index contributed by atoms with van der Waals surface area (Å²) in [6.45, 7) is 5.48. The van der Waals surface area contributed by atoms with Crippen molar-refractivity contribution < 1.29 is 13.1 Å². The van der Waals surface area contributed by atoms with Gasteiger partial charge in [0.05, 0.1) is 23.3 Å². The average molecular weight is 442 g/mol. The van der Waals surface area contributed by atoms with Crippen molar-refractivity contribution in [2.24, 2.45) is 9.98 Å². The van der Waals surface area contributed by atoms with Crippen molar-refractivity contribution in [3.63, 3.8) is 0 Å². The van der Waals surface area contributed by atoms with Crippen LogP contribution in [0.25, 0.3) is 0 Å². The van der Waals surface area contributed by atoms with Crippen molar-refractivity contribution in [2.45, 2.75) is 13.3 Å². The fraction of sp³-hybridized carbons (Fsp3) is 0.0952. The number of hydrogen-bond acceptors (Lipinski definition) is 3. The SMILES string of the molecule is C=Nc1ccccc1.CCc1cccc(C=Nc2ccccc2)n1.[Cl][Fe][Cl]. The maximum absolute atomic E-state index is 4.76. The van der Waals surface area contributed by atoms with Crippen LogP contribution in [0.5, 0.6) is 0 Å². The second-order valence-electron chi connectivity index (χ2n) is 5.05. The number of aryl methyl sites for hydroxylation is 1. The summed E-state index contributed by atoms with van der Waals surface area (Å²) in [7, 11) is 9.53. The third-order valence-electron chi connectivity index (χ3n) is 3.23. The van der Waals surface area contributed by atoms with Gasteiger partial charge >= 0.3 is 33.3 Å². The number of pyridine rings is 1. The van der Waals surface area contributed by atoms with Gasteiger partial charge in [-0.3, -0.25) is 15.0 Å². The molecule has 0 bridgehead atoms. The summed E-state index contributed by atoms with van der Waals surface area (Å²) >= 11 is 0.194. The van der Waals surface area contributed by atoms with Gasteiger partial charge in [-0.2, -0.15) is 0 Å². The van der Waals surface area contributed by atoms with Gasteiger partial charge in [0.2, 0.25) is 0 Å². The van der Waals surface area contributed by atoms with E-state index in [0.717, 1.165) is 29.2 Å². The van der Waals surface area contributed by atoms with Crippen molar-refractivity contribution in [1.29, 1.82) is 0 Å². The predicted octanol–water partition coefficient (Wildman–Crippen LogP) is 6.79. The molecular formula is C21H21Cl2FeN3. The van der Waals surface area contributed by atoms with Crippen LogP contribution >= 0.6 is 20.2 Å². The van der Waals surface area contributed by atoms with E-state index in [0.29, 0.717) is 0 Å². The summed E-state index contributed by atoms with van der Waals surface area (Å²) in [4.78, 5) is 12.5. The zero-order valence-corrected chi connectivity index (χ0v) is 17.6. The number of rotatable bonds is 4. The van der Waals surface area contributed by atoms with E-state index in [1.807, 2.05) is 78.9 Å². The Bertz CT molecular complexity index is 797. The number of aliphatic imine (C=N–C) groups is 2. The van der Waals surface area contributed by atoms with Crippen LogP contribution in [0, 0.1) is 0 Å². The molecule has 27 heavy (non-hydrogen) atoms. The first-order valence-electron chi connectivity index (χ1n) is 8.15. The molecule has 3 nitrogen and oxygen atoms in total. The predicted molar refractivity (Wildman–Crippen MR) is 115 cm³/mol. The molecule has 0 unspecified atom stereocenters. The Labute approximate surface area is 175 Å². The van der Waals surface area contributed by atoms with Gasteiger partial charge in [-0.1, -0.05) is 49.4 Å². The number of nitrogens with zero attached hydrogens (tertiary/aromatic N) is 3. The monoisotopic (exact) mass is 441 g/mol. The molecule has 0 aliphatic carbocycles. The summed E-state index contributed by atoms with van der Waals surface area (Å²) in [5, 5.41) is 0. The number of benzene rings is 2. The van der Waals surface area contributed by atoms with Crippen molar-refractivity contribution in [3.05, 3.63) is 90.3 Å². The van der Waals surface area contributed by atoms with Gasteiger partial charge in [0.15, 0.2) is 0 Å². The zero-order chi connectivity index (χ0) is 19.7. The van der Waals surface area contributed by atoms with Crippen LogP contribution in [-0.4, -0.2) is 17.9 Å². The summed E-state index contributed by atoms with van der Waals surface area (Å²) in [6.07, 6.45) is 2.75. The van der Waals surface area contributed by atoms with E-state index in [-0.39, 0.29) is 13.1 Å². The van der Waals surface area contributed by atoms with Crippen LogP contribution < -0.4 is 0 Å². The Hall–Kier alpha value is -1.97. The van der Waals surface area contributed by atoms with Gasteiger partial charge in [-0.05, 0) is 49.5 Å². The van der Waals surface area contributed by atoms with Crippen LogP contribution in [0.15, 0.2) is 88.8 Å². The van der Waals surface area contributed by atoms with Crippen molar-refractivity contribution >= 4 is 44.5 Å². The standard InChI is InChI=1S/C14H14N2.C7H7N.2ClH.Fe/c1-2-12-9-6-10-14(16-12)11-15-13-7-4-3-5-8-13;1-8-7-5-3-2-4-6-7;;;/h3-11H,2H2,1H3;2-6H,1H2;2*1H;/q;;;;+2/p-2. The molecule has 0 atom stereocenters. The van der Waals surface area contributed by atoms with Gasteiger partial charge in [0.25, 0.3) is 0 Å². The summed E-state index contributed by atoms with van der Waals surface area (Å²) in [5.74, 6) is 0. The Morgan fingerprint density at radius 1 is 0.889 bits per heavy atom. The summed E-state index contributed by atoms with van der Waals surface area (Å²) in [5.41, 5.74) is 3.87. The van der Waals surface area contributed by atoms with Gasteiger partial charge in [-0.15, -0.1) is 0 Å². The maximum atomic E-state index is 4.76. The summed E-state index contributed by atoms with van der Waals surface area (Å²) in [6, 6.07) is 25.5. The molecule has 0 amide bonds. The van der Waals surface area contributed by atoms with Crippen LogP contribution in [0.1, 0.15) is 18.3 Å². The molecular weight excluding hydrogens is 421 g/mol. The average Bonchev–Trinajstić information content (AvgIpc) is 2.75. The van der Waals surface area contributed by atoms with E-state index in [9.17, 15) is 0 Å². The summed E-state index contributed by atoms with van der Waals surface area (Å²) < 4.78 is 0. The minimum atomic E-state index is 0.194. The fourth-order valence-corrected chi connectivity index (χ4v) is 1.96. The molecule has 3 aromatic rings. The molecule has 0 saturated heterocycles. The van der Waals surface area contributed by atoms with Crippen molar-refractivity contribution in [2.75, 3.05) is 0 Å². The fourth-order valence-electron chi connectivity index (χ4n) is 1.96. The molecule has 0 aliphatic rings.